The standard InChI is InChI=1S/C25H32O13/c1-3-13-14(9-19(29)35-7-6-12-4-5-16(27)17(28)8-12)15(23(33)34-2)11-36-24(13)38-25-22(32)21(31)20(30)18(10-26)37-25/h3-5,8,11,14,18,20-22,24-28,30-32H,6-7,9-10H2,1-2H3/b13-3+/t14?,18-,20-,21+,22-,24-,25+/m0/s1. The Hall–Kier alpha value is -3.20. The molecule has 13 nitrogen and oxygen atoms in total. The zero-order chi connectivity index (χ0) is 28.0. The van der Waals surface area contributed by atoms with Crippen molar-refractivity contribution in [2.24, 2.45) is 5.92 Å². The molecule has 2 aliphatic rings. The van der Waals surface area contributed by atoms with Crippen LogP contribution >= 0.6 is 0 Å². The second-order valence-electron chi connectivity index (χ2n) is 8.71. The van der Waals surface area contributed by atoms with Crippen LogP contribution in [0.3, 0.4) is 0 Å². The van der Waals surface area contributed by atoms with Crippen LogP contribution in [0.1, 0.15) is 18.9 Å². The summed E-state index contributed by atoms with van der Waals surface area (Å²) in [4.78, 5) is 25.1. The minimum atomic E-state index is -1.69. The molecule has 210 valence electrons. The highest BCUT2D eigenvalue weighted by Crippen LogP contribution is 2.36. The Morgan fingerprint density at radius 1 is 1.08 bits per heavy atom. The van der Waals surface area contributed by atoms with E-state index < -0.39 is 61.5 Å². The van der Waals surface area contributed by atoms with Gasteiger partial charge in [0, 0.05) is 17.9 Å². The zero-order valence-electron chi connectivity index (χ0n) is 20.8. The third-order valence-electron chi connectivity index (χ3n) is 6.29. The SMILES string of the molecule is C/C=C1\C(CC(=O)OCCc2ccc(O)c(O)c2)C(C(=O)OC)=CO[C@H]1O[C@H]1O[C@@H](CO)[C@H](O)[C@@H](O)[C@@H]1O. The van der Waals surface area contributed by atoms with E-state index in [1.54, 1.807) is 19.1 Å². The Morgan fingerprint density at radius 2 is 1.82 bits per heavy atom. The van der Waals surface area contributed by atoms with E-state index in [0.717, 1.165) is 13.4 Å². The molecule has 1 unspecified atom stereocenters. The van der Waals surface area contributed by atoms with Crippen molar-refractivity contribution >= 4 is 11.9 Å². The fraction of sp³-hybridized carbons (Fsp3) is 0.520. The Labute approximate surface area is 218 Å². The van der Waals surface area contributed by atoms with Crippen LogP contribution in [0.4, 0.5) is 0 Å². The third kappa shape index (κ3) is 6.62. The fourth-order valence-corrected chi connectivity index (χ4v) is 4.16. The van der Waals surface area contributed by atoms with Crippen LogP contribution < -0.4 is 0 Å². The Bertz CT molecular complexity index is 1050. The van der Waals surface area contributed by atoms with Crippen molar-refractivity contribution in [2.75, 3.05) is 20.3 Å². The molecule has 3 rings (SSSR count). The van der Waals surface area contributed by atoms with Crippen LogP contribution in [-0.2, 0) is 39.7 Å². The molecule has 2 heterocycles. The number of aromatic hydroxyl groups is 2. The van der Waals surface area contributed by atoms with Crippen LogP contribution in [0, 0.1) is 5.92 Å². The molecule has 0 bridgehead atoms. The van der Waals surface area contributed by atoms with Gasteiger partial charge in [0.1, 0.15) is 24.4 Å². The van der Waals surface area contributed by atoms with Crippen molar-refractivity contribution in [2.45, 2.75) is 56.8 Å². The monoisotopic (exact) mass is 540 g/mol. The van der Waals surface area contributed by atoms with E-state index in [-0.39, 0.29) is 36.5 Å². The van der Waals surface area contributed by atoms with Crippen LogP contribution in [-0.4, -0.2) is 99.9 Å². The number of aliphatic hydroxyl groups is 4. The molecule has 13 heteroatoms. The van der Waals surface area contributed by atoms with Gasteiger partial charge in [-0.25, -0.2) is 4.79 Å². The average Bonchev–Trinajstić information content (AvgIpc) is 2.90. The van der Waals surface area contributed by atoms with E-state index in [1.165, 1.54) is 12.1 Å². The molecular weight excluding hydrogens is 508 g/mol. The van der Waals surface area contributed by atoms with Crippen LogP contribution in [0.25, 0.3) is 0 Å². The number of esters is 2. The molecule has 0 radical (unpaired) electrons. The molecule has 6 N–H and O–H groups in total. The molecule has 7 atom stereocenters. The second-order valence-corrected chi connectivity index (χ2v) is 8.71. The number of rotatable bonds is 9. The zero-order valence-corrected chi connectivity index (χ0v) is 20.8. The lowest BCUT2D eigenvalue weighted by molar-refractivity contribution is -0.327. The Kier molecular flexibility index (Phi) is 10.1. The summed E-state index contributed by atoms with van der Waals surface area (Å²) < 4.78 is 26.7. The third-order valence-corrected chi connectivity index (χ3v) is 6.29. The number of methoxy groups -OCH3 is 1. The topological polar surface area (TPSA) is 202 Å². The second kappa shape index (κ2) is 13.0. The fourth-order valence-electron chi connectivity index (χ4n) is 4.16. The normalized spacial score (nSPS) is 30.3. The van der Waals surface area contributed by atoms with Gasteiger partial charge in [-0.15, -0.1) is 0 Å². The molecule has 0 aromatic heterocycles. The van der Waals surface area contributed by atoms with Crippen molar-refractivity contribution in [1.82, 2.24) is 0 Å². The summed E-state index contributed by atoms with van der Waals surface area (Å²) in [7, 11) is 1.16. The smallest absolute Gasteiger partial charge is 0.337 e. The van der Waals surface area contributed by atoms with Gasteiger partial charge >= 0.3 is 11.9 Å². The minimum Gasteiger partial charge on any atom is -0.504 e. The highest BCUT2D eigenvalue weighted by molar-refractivity contribution is 5.90. The van der Waals surface area contributed by atoms with Gasteiger partial charge in [0.15, 0.2) is 17.8 Å². The van der Waals surface area contributed by atoms with E-state index in [9.17, 15) is 40.2 Å². The number of phenolic OH excluding ortho intramolecular Hbond substituents is 2. The first-order valence-corrected chi connectivity index (χ1v) is 11.8. The predicted molar refractivity (Wildman–Crippen MR) is 126 cm³/mol. The molecule has 0 saturated carbocycles. The Morgan fingerprint density at radius 3 is 2.45 bits per heavy atom. The molecule has 0 amide bonds. The summed E-state index contributed by atoms with van der Waals surface area (Å²) in [5.74, 6) is -2.89. The molecule has 1 saturated heterocycles. The van der Waals surface area contributed by atoms with E-state index in [4.69, 9.17) is 23.7 Å². The van der Waals surface area contributed by atoms with E-state index in [2.05, 4.69) is 0 Å². The quantitative estimate of drug-likeness (QED) is 0.131. The number of benzene rings is 1. The molecule has 1 aromatic carbocycles. The minimum absolute atomic E-state index is 0.00894. The van der Waals surface area contributed by atoms with Crippen molar-refractivity contribution in [3.63, 3.8) is 0 Å². The van der Waals surface area contributed by atoms with Gasteiger partial charge in [-0.05, 0) is 24.6 Å². The van der Waals surface area contributed by atoms with E-state index in [0.29, 0.717) is 11.1 Å². The summed E-state index contributed by atoms with van der Waals surface area (Å²) in [6.07, 6.45) is -6.39. The first kappa shape index (κ1) is 29.4. The van der Waals surface area contributed by atoms with Crippen molar-refractivity contribution in [3.05, 3.63) is 47.2 Å². The number of aliphatic hydroxyl groups excluding tert-OH is 4. The van der Waals surface area contributed by atoms with Crippen LogP contribution in [0.15, 0.2) is 41.7 Å². The molecule has 0 aliphatic carbocycles. The van der Waals surface area contributed by atoms with Gasteiger partial charge in [-0.3, -0.25) is 4.79 Å². The number of phenols is 2. The lowest BCUT2D eigenvalue weighted by Crippen LogP contribution is -2.60. The molecule has 1 fully saturated rings. The number of ether oxygens (including phenoxy) is 5. The van der Waals surface area contributed by atoms with E-state index >= 15 is 0 Å². The average molecular weight is 541 g/mol. The summed E-state index contributed by atoms with van der Waals surface area (Å²) in [6, 6.07) is 4.23. The molecule has 38 heavy (non-hydrogen) atoms. The maximum Gasteiger partial charge on any atom is 0.337 e. The Balaban J connectivity index is 1.71. The van der Waals surface area contributed by atoms with Crippen molar-refractivity contribution < 1.29 is 63.9 Å². The van der Waals surface area contributed by atoms with Gasteiger partial charge in [-0.1, -0.05) is 12.1 Å². The molecule has 1 aromatic rings. The number of carbonyl (C=O) groups excluding carboxylic acids is 2. The summed E-state index contributed by atoms with van der Waals surface area (Å²) >= 11 is 0. The van der Waals surface area contributed by atoms with Gasteiger partial charge in [0.2, 0.25) is 6.29 Å². The number of hydrogen-bond donors (Lipinski definition) is 6. The number of carbonyl (C=O) groups is 2. The van der Waals surface area contributed by atoms with Gasteiger partial charge in [-0.2, -0.15) is 0 Å². The molecule has 0 spiro atoms. The van der Waals surface area contributed by atoms with Crippen molar-refractivity contribution in [1.29, 1.82) is 0 Å². The van der Waals surface area contributed by atoms with Crippen molar-refractivity contribution in [3.8, 4) is 11.5 Å². The highest BCUT2D eigenvalue weighted by atomic mass is 16.8. The summed E-state index contributed by atoms with van der Waals surface area (Å²) in [5, 5.41) is 58.8. The first-order chi connectivity index (χ1) is 18.1. The predicted octanol–water partition coefficient (Wildman–Crippen LogP) is -0.634. The maximum atomic E-state index is 12.7. The number of allylic oxidation sites excluding steroid dienone is 1. The van der Waals surface area contributed by atoms with Gasteiger partial charge in [0.05, 0.1) is 38.6 Å². The number of hydrogen-bond acceptors (Lipinski definition) is 13. The molecular formula is C25H32O13. The van der Waals surface area contributed by atoms with Crippen LogP contribution in [0.2, 0.25) is 0 Å². The molecule has 2 aliphatic heterocycles. The largest absolute Gasteiger partial charge is 0.504 e. The van der Waals surface area contributed by atoms with Gasteiger partial charge in [0.25, 0.3) is 0 Å². The summed E-state index contributed by atoms with van der Waals surface area (Å²) in [6.45, 7) is 0.912. The lowest BCUT2D eigenvalue weighted by Gasteiger charge is -2.41. The summed E-state index contributed by atoms with van der Waals surface area (Å²) in [5.41, 5.74) is 0.927. The highest BCUT2D eigenvalue weighted by Gasteiger charge is 2.46. The van der Waals surface area contributed by atoms with Crippen LogP contribution in [0.5, 0.6) is 11.5 Å². The lowest BCUT2D eigenvalue weighted by atomic mass is 9.86. The first-order valence-electron chi connectivity index (χ1n) is 11.8. The van der Waals surface area contributed by atoms with Gasteiger partial charge < -0.3 is 54.3 Å². The maximum absolute atomic E-state index is 12.7. The van der Waals surface area contributed by atoms with E-state index in [1.807, 2.05) is 0 Å².